The van der Waals surface area contributed by atoms with Gasteiger partial charge in [-0.25, -0.2) is 5.06 Å². The normalized spacial score (nSPS) is 20.4. The number of nitrogens with zero attached hydrogens (tertiary/aromatic N) is 1. The lowest BCUT2D eigenvalue weighted by molar-refractivity contribution is -0.0477. The first-order valence-corrected chi connectivity index (χ1v) is 3.68. The van der Waals surface area contributed by atoms with Crippen molar-refractivity contribution in [3.63, 3.8) is 0 Å². The lowest BCUT2D eigenvalue weighted by atomic mass is 10.1. The Kier molecular flexibility index (Phi) is 2.96. The number of hydrogen-bond donors (Lipinski definition) is 0. The van der Waals surface area contributed by atoms with Crippen LogP contribution in [-0.2, 0) is 4.76 Å². The minimum absolute atomic E-state index is 0.927. The SMILES string of the molecule is C[B]ON1CC=C(C)CC1. The highest BCUT2D eigenvalue weighted by Crippen LogP contribution is 2.08. The van der Waals surface area contributed by atoms with E-state index in [0.717, 1.165) is 19.5 Å². The van der Waals surface area contributed by atoms with Crippen molar-refractivity contribution >= 4 is 7.48 Å². The zero-order valence-corrected chi connectivity index (χ0v) is 6.63. The van der Waals surface area contributed by atoms with Crippen molar-refractivity contribution in [3.8, 4) is 0 Å². The van der Waals surface area contributed by atoms with Crippen molar-refractivity contribution in [3.05, 3.63) is 11.6 Å². The Morgan fingerprint density at radius 3 is 3.00 bits per heavy atom. The second-order valence-corrected chi connectivity index (χ2v) is 2.53. The predicted molar refractivity (Wildman–Crippen MR) is 42.7 cm³/mol. The first-order valence-electron chi connectivity index (χ1n) is 3.68. The Balaban J connectivity index is 2.27. The van der Waals surface area contributed by atoms with Crippen LogP contribution in [0.2, 0.25) is 6.82 Å². The van der Waals surface area contributed by atoms with Gasteiger partial charge < -0.3 is 4.76 Å². The van der Waals surface area contributed by atoms with Crippen LogP contribution in [0.4, 0.5) is 0 Å². The van der Waals surface area contributed by atoms with E-state index in [9.17, 15) is 0 Å². The second kappa shape index (κ2) is 3.79. The molecule has 0 aliphatic carbocycles. The van der Waals surface area contributed by atoms with E-state index in [2.05, 4.69) is 13.0 Å². The minimum atomic E-state index is 0.927. The maximum Gasteiger partial charge on any atom is 0.321 e. The molecule has 0 N–H and O–H groups in total. The molecule has 1 aliphatic heterocycles. The summed E-state index contributed by atoms with van der Waals surface area (Å²) >= 11 is 0. The average molecular weight is 138 g/mol. The van der Waals surface area contributed by atoms with E-state index < -0.39 is 0 Å². The standard InChI is InChI=1S/C7H13BNO/c1-7-3-5-9(6-4-7)10-8-2/h3H,4-6H2,1-2H3. The molecule has 0 spiro atoms. The Morgan fingerprint density at radius 1 is 1.70 bits per heavy atom. The summed E-state index contributed by atoms with van der Waals surface area (Å²) in [6.45, 7) is 6.00. The van der Waals surface area contributed by atoms with Crippen molar-refractivity contribution in [2.45, 2.75) is 20.2 Å². The largest absolute Gasteiger partial charge is 0.367 e. The Bertz CT molecular complexity index is 136. The number of hydrogen-bond acceptors (Lipinski definition) is 2. The van der Waals surface area contributed by atoms with Gasteiger partial charge in [-0.2, -0.15) is 0 Å². The molecule has 0 atom stereocenters. The highest BCUT2D eigenvalue weighted by atomic mass is 16.6. The lowest BCUT2D eigenvalue weighted by Crippen LogP contribution is -2.29. The van der Waals surface area contributed by atoms with Crippen LogP contribution in [0, 0.1) is 0 Å². The summed E-state index contributed by atoms with van der Waals surface area (Å²) < 4.78 is 5.19. The van der Waals surface area contributed by atoms with Crippen LogP contribution in [0.1, 0.15) is 13.3 Å². The van der Waals surface area contributed by atoms with Crippen molar-refractivity contribution < 1.29 is 4.76 Å². The molecule has 0 fully saturated rings. The molecule has 0 amide bonds. The third-order valence-corrected chi connectivity index (χ3v) is 1.65. The fourth-order valence-corrected chi connectivity index (χ4v) is 0.997. The third kappa shape index (κ3) is 2.16. The van der Waals surface area contributed by atoms with Gasteiger partial charge in [0.05, 0.1) is 0 Å². The number of hydroxylamine groups is 2. The van der Waals surface area contributed by atoms with E-state index >= 15 is 0 Å². The molecule has 0 bridgehead atoms. The van der Waals surface area contributed by atoms with Gasteiger partial charge in [0.15, 0.2) is 0 Å². The molecule has 1 radical (unpaired) electrons. The van der Waals surface area contributed by atoms with Crippen LogP contribution in [0.15, 0.2) is 11.6 Å². The van der Waals surface area contributed by atoms with Crippen molar-refractivity contribution in [2.24, 2.45) is 0 Å². The predicted octanol–water partition coefficient (Wildman–Crippen LogP) is 1.24. The summed E-state index contributed by atoms with van der Waals surface area (Å²) in [4.78, 5) is 0. The smallest absolute Gasteiger partial charge is 0.321 e. The van der Waals surface area contributed by atoms with E-state index in [0.29, 0.717) is 0 Å². The van der Waals surface area contributed by atoms with Gasteiger partial charge in [-0.1, -0.05) is 18.5 Å². The molecule has 1 heterocycles. The maximum atomic E-state index is 5.19. The molecule has 0 unspecified atom stereocenters. The summed E-state index contributed by atoms with van der Waals surface area (Å²) in [7, 11) is 1.72. The number of rotatable bonds is 2. The summed E-state index contributed by atoms with van der Waals surface area (Å²) in [5.74, 6) is 0. The van der Waals surface area contributed by atoms with Gasteiger partial charge in [0, 0.05) is 13.1 Å². The molecule has 3 heteroatoms. The quantitative estimate of drug-likeness (QED) is 0.420. The first-order chi connectivity index (χ1) is 4.83. The van der Waals surface area contributed by atoms with Gasteiger partial charge in [0.1, 0.15) is 0 Å². The topological polar surface area (TPSA) is 12.5 Å². The van der Waals surface area contributed by atoms with Crippen LogP contribution < -0.4 is 0 Å². The van der Waals surface area contributed by atoms with Crippen molar-refractivity contribution in [1.82, 2.24) is 5.06 Å². The first kappa shape index (κ1) is 7.83. The van der Waals surface area contributed by atoms with Gasteiger partial charge in [-0.3, -0.25) is 0 Å². The fraction of sp³-hybridized carbons (Fsp3) is 0.714. The van der Waals surface area contributed by atoms with E-state index in [1.807, 2.05) is 11.9 Å². The van der Waals surface area contributed by atoms with Crippen LogP contribution in [0.25, 0.3) is 0 Å². The molecule has 1 aliphatic rings. The molecule has 1 rings (SSSR count). The van der Waals surface area contributed by atoms with Crippen molar-refractivity contribution in [1.29, 1.82) is 0 Å². The van der Waals surface area contributed by atoms with E-state index in [1.165, 1.54) is 5.57 Å². The minimum Gasteiger partial charge on any atom is -0.367 e. The second-order valence-electron chi connectivity index (χ2n) is 2.53. The molecule has 0 saturated carbocycles. The van der Waals surface area contributed by atoms with Crippen LogP contribution >= 0.6 is 0 Å². The van der Waals surface area contributed by atoms with E-state index in [-0.39, 0.29) is 0 Å². The van der Waals surface area contributed by atoms with E-state index in [4.69, 9.17) is 4.76 Å². The fourth-order valence-electron chi connectivity index (χ4n) is 0.997. The van der Waals surface area contributed by atoms with Crippen LogP contribution in [-0.4, -0.2) is 25.6 Å². The van der Waals surface area contributed by atoms with Crippen LogP contribution in [0.3, 0.4) is 0 Å². The third-order valence-electron chi connectivity index (χ3n) is 1.65. The molecular weight excluding hydrogens is 125 g/mol. The van der Waals surface area contributed by atoms with Gasteiger partial charge in [0.25, 0.3) is 0 Å². The Hall–Kier alpha value is -0.275. The highest BCUT2D eigenvalue weighted by molar-refractivity contribution is 6.24. The zero-order valence-electron chi connectivity index (χ0n) is 6.63. The zero-order chi connectivity index (χ0) is 7.40. The van der Waals surface area contributed by atoms with Gasteiger partial charge in [-0.05, 0) is 13.3 Å². The molecular formula is C7H13BNO. The highest BCUT2D eigenvalue weighted by Gasteiger charge is 2.07. The van der Waals surface area contributed by atoms with Crippen LogP contribution in [0.5, 0.6) is 0 Å². The Morgan fingerprint density at radius 2 is 2.50 bits per heavy atom. The van der Waals surface area contributed by atoms with E-state index in [1.54, 1.807) is 7.48 Å². The molecule has 0 aromatic heterocycles. The molecule has 0 saturated heterocycles. The van der Waals surface area contributed by atoms with Gasteiger partial charge >= 0.3 is 7.48 Å². The average Bonchev–Trinajstić information content (AvgIpc) is 1.95. The summed E-state index contributed by atoms with van der Waals surface area (Å²) in [5, 5.41) is 1.95. The lowest BCUT2D eigenvalue weighted by Gasteiger charge is -2.24. The molecule has 10 heavy (non-hydrogen) atoms. The Labute approximate surface area is 63.1 Å². The van der Waals surface area contributed by atoms with Gasteiger partial charge in [-0.15, -0.1) is 0 Å². The van der Waals surface area contributed by atoms with Gasteiger partial charge in [0.2, 0.25) is 0 Å². The molecule has 55 valence electrons. The summed E-state index contributed by atoms with van der Waals surface area (Å²) in [6, 6.07) is 0. The van der Waals surface area contributed by atoms with Crippen molar-refractivity contribution in [2.75, 3.05) is 13.1 Å². The molecule has 2 nitrogen and oxygen atoms in total. The molecule has 0 aromatic carbocycles. The molecule has 0 aromatic rings. The monoisotopic (exact) mass is 138 g/mol. The summed E-state index contributed by atoms with van der Waals surface area (Å²) in [6.07, 6.45) is 3.33. The summed E-state index contributed by atoms with van der Waals surface area (Å²) in [5.41, 5.74) is 1.47. The maximum absolute atomic E-state index is 5.19.